The fraction of sp³-hybridized carbons (Fsp3) is 1.00. The number of rotatable bonds is 5. The van der Waals surface area contributed by atoms with E-state index in [4.69, 9.17) is 5.11 Å². The minimum absolute atomic E-state index is 0.322. The normalized spacial score (nSPS) is 25.0. The van der Waals surface area contributed by atoms with Gasteiger partial charge in [-0.3, -0.25) is 4.90 Å². The van der Waals surface area contributed by atoms with Crippen molar-refractivity contribution >= 4 is 0 Å². The van der Waals surface area contributed by atoms with Crippen LogP contribution < -0.4 is 0 Å². The largest absolute Gasteiger partial charge is 0.395 e. The quantitative estimate of drug-likeness (QED) is 0.679. The number of β-amino-alcohol motifs (C(OH)–C–C–N with tert-alkyl or cyclic N) is 1. The highest BCUT2D eigenvalue weighted by Gasteiger charge is 2.22. The molecule has 2 nitrogen and oxygen atoms in total. The summed E-state index contributed by atoms with van der Waals surface area (Å²) in [5, 5.41) is 8.83. The monoisotopic (exact) mass is 171 g/mol. The van der Waals surface area contributed by atoms with Crippen LogP contribution in [0.3, 0.4) is 0 Å². The number of aliphatic hydroxyl groups excluding tert-OH is 1. The van der Waals surface area contributed by atoms with E-state index in [0.717, 1.165) is 12.6 Å². The van der Waals surface area contributed by atoms with Gasteiger partial charge in [0.15, 0.2) is 0 Å². The third-order valence-corrected chi connectivity index (χ3v) is 2.78. The number of likely N-dealkylation sites (tertiary alicyclic amines) is 1. The van der Waals surface area contributed by atoms with Gasteiger partial charge < -0.3 is 5.11 Å². The fourth-order valence-electron chi connectivity index (χ4n) is 2.08. The highest BCUT2D eigenvalue weighted by molar-refractivity contribution is 4.78. The van der Waals surface area contributed by atoms with E-state index in [1.807, 2.05) is 0 Å². The molecule has 0 aromatic heterocycles. The molecule has 0 spiro atoms. The maximum atomic E-state index is 8.83. The lowest BCUT2D eigenvalue weighted by Crippen LogP contribution is -2.31. The molecule has 0 aromatic rings. The Kier molecular flexibility index (Phi) is 4.62. The van der Waals surface area contributed by atoms with Crippen molar-refractivity contribution in [2.24, 2.45) is 0 Å². The molecule has 0 bridgehead atoms. The van der Waals surface area contributed by atoms with Crippen LogP contribution in [0.25, 0.3) is 0 Å². The highest BCUT2D eigenvalue weighted by Crippen LogP contribution is 2.20. The zero-order valence-electron chi connectivity index (χ0n) is 8.13. The molecule has 1 aliphatic rings. The summed E-state index contributed by atoms with van der Waals surface area (Å²) < 4.78 is 0. The number of nitrogens with zero attached hydrogens (tertiary/aromatic N) is 1. The molecule has 1 rings (SSSR count). The number of aliphatic hydroxyl groups is 1. The van der Waals surface area contributed by atoms with Crippen molar-refractivity contribution in [2.45, 2.75) is 45.1 Å². The average molecular weight is 171 g/mol. The van der Waals surface area contributed by atoms with E-state index in [2.05, 4.69) is 11.8 Å². The van der Waals surface area contributed by atoms with Crippen molar-refractivity contribution in [3.8, 4) is 0 Å². The fourth-order valence-corrected chi connectivity index (χ4v) is 2.08. The summed E-state index contributed by atoms with van der Waals surface area (Å²) in [4.78, 5) is 2.44. The summed E-state index contributed by atoms with van der Waals surface area (Å²) in [7, 11) is 0. The molecule has 0 unspecified atom stereocenters. The highest BCUT2D eigenvalue weighted by atomic mass is 16.3. The molecule has 1 atom stereocenters. The Labute approximate surface area is 75.6 Å². The van der Waals surface area contributed by atoms with Gasteiger partial charge in [0, 0.05) is 12.6 Å². The standard InChI is InChI=1S/C10H21NO/c1-2-3-5-10-6-4-7-11(10)8-9-12/h10,12H,2-9H2,1H3/t10-/m0/s1. The first-order chi connectivity index (χ1) is 5.88. The molecule has 1 fully saturated rings. The predicted octanol–water partition coefficient (Wildman–Crippen LogP) is 1.63. The second kappa shape index (κ2) is 5.55. The third kappa shape index (κ3) is 2.76. The molecule has 0 saturated carbocycles. The number of hydrogen-bond acceptors (Lipinski definition) is 2. The summed E-state index contributed by atoms with van der Waals surface area (Å²) in [6.07, 6.45) is 6.64. The second-order valence-electron chi connectivity index (χ2n) is 3.70. The Morgan fingerprint density at radius 2 is 2.33 bits per heavy atom. The van der Waals surface area contributed by atoms with Crippen molar-refractivity contribution in [1.29, 1.82) is 0 Å². The lowest BCUT2D eigenvalue weighted by Gasteiger charge is -2.23. The lowest BCUT2D eigenvalue weighted by molar-refractivity contribution is 0.178. The van der Waals surface area contributed by atoms with Crippen LogP contribution in [-0.2, 0) is 0 Å². The molecule has 0 aromatic carbocycles. The molecule has 1 saturated heterocycles. The van der Waals surface area contributed by atoms with Gasteiger partial charge in [-0.05, 0) is 25.8 Å². The van der Waals surface area contributed by atoms with Crippen LogP contribution in [0, 0.1) is 0 Å². The summed E-state index contributed by atoms with van der Waals surface area (Å²) in [6.45, 7) is 4.65. The predicted molar refractivity (Wildman–Crippen MR) is 51.2 cm³/mol. The minimum atomic E-state index is 0.322. The van der Waals surface area contributed by atoms with E-state index >= 15 is 0 Å². The summed E-state index contributed by atoms with van der Waals surface area (Å²) in [6, 6.07) is 0.775. The van der Waals surface area contributed by atoms with Crippen LogP contribution in [0.15, 0.2) is 0 Å². The van der Waals surface area contributed by atoms with Crippen molar-refractivity contribution in [1.82, 2.24) is 4.90 Å². The van der Waals surface area contributed by atoms with Gasteiger partial charge in [0.05, 0.1) is 6.61 Å². The van der Waals surface area contributed by atoms with Crippen LogP contribution in [0.5, 0.6) is 0 Å². The molecular formula is C10H21NO. The van der Waals surface area contributed by atoms with E-state index in [-0.39, 0.29) is 0 Å². The van der Waals surface area contributed by atoms with Crippen molar-refractivity contribution in [2.75, 3.05) is 19.7 Å². The van der Waals surface area contributed by atoms with Crippen LogP contribution in [-0.4, -0.2) is 35.7 Å². The lowest BCUT2D eigenvalue weighted by atomic mass is 10.1. The molecule has 0 aliphatic carbocycles. The van der Waals surface area contributed by atoms with Gasteiger partial charge in [0.2, 0.25) is 0 Å². The topological polar surface area (TPSA) is 23.5 Å². The second-order valence-corrected chi connectivity index (χ2v) is 3.70. The first-order valence-corrected chi connectivity index (χ1v) is 5.23. The zero-order chi connectivity index (χ0) is 8.81. The number of unbranched alkanes of at least 4 members (excludes halogenated alkanes) is 1. The van der Waals surface area contributed by atoms with Crippen LogP contribution >= 0.6 is 0 Å². The van der Waals surface area contributed by atoms with Gasteiger partial charge in [0.25, 0.3) is 0 Å². The first kappa shape index (κ1) is 10.0. The summed E-state index contributed by atoms with van der Waals surface area (Å²) >= 11 is 0. The average Bonchev–Trinajstić information content (AvgIpc) is 2.50. The minimum Gasteiger partial charge on any atom is -0.395 e. The van der Waals surface area contributed by atoms with Gasteiger partial charge in [-0.1, -0.05) is 19.8 Å². The Morgan fingerprint density at radius 3 is 3.00 bits per heavy atom. The van der Waals surface area contributed by atoms with Crippen molar-refractivity contribution in [3.05, 3.63) is 0 Å². The van der Waals surface area contributed by atoms with Crippen LogP contribution in [0.1, 0.15) is 39.0 Å². The SMILES string of the molecule is CCCC[C@H]1CCCN1CCO. The maximum absolute atomic E-state index is 8.83. The Balaban J connectivity index is 2.20. The van der Waals surface area contributed by atoms with E-state index in [1.54, 1.807) is 0 Å². The summed E-state index contributed by atoms with van der Waals surface area (Å²) in [5.41, 5.74) is 0. The molecular weight excluding hydrogens is 150 g/mol. The van der Waals surface area contributed by atoms with Gasteiger partial charge in [-0.2, -0.15) is 0 Å². The number of hydrogen-bond donors (Lipinski definition) is 1. The molecule has 1 N–H and O–H groups in total. The van der Waals surface area contributed by atoms with E-state index in [0.29, 0.717) is 6.61 Å². The van der Waals surface area contributed by atoms with Crippen molar-refractivity contribution < 1.29 is 5.11 Å². The zero-order valence-corrected chi connectivity index (χ0v) is 8.13. The van der Waals surface area contributed by atoms with E-state index in [9.17, 15) is 0 Å². The molecule has 1 aliphatic heterocycles. The van der Waals surface area contributed by atoms with Crippen LogP contribution in [0.2, 0.25) is 0 Å². The summed E-state index contributed by atoms with van der Waals surface area (Å²) in [5.74, 6) is 0. The molecule has 1 heterocycles. The Hall–Kier alpha value is -0.0800. The molecule has 72 valence electrons. The van der Waals surface area contributed by atoms with Gasteiger partial charge >= 0.3 is 0 Å². The smallest absolute Gasteiger partial charge is 0.0558 e. The van der Waals surface area contributed by atoms with Gasteiger partial charge in [-0.15, -0.1) is 0 Å². The van der Waals surface area contributed by atoms with E-state index in [1.165, 1.54) is 38.6 Å². The molecule has 0 radical (unpaired) electrons. The van der Waals surface area contributed by atoms with Gasteiger partial charge in [-0.25, -0.2) is 0 Å². The molecule has 2 heteroatoms. The Morgan fingerprint density at radius 1 is 1.50 bits per heavy atom. The third-order valence-electron chi connectivity index (χ3n) is 2.78. The molecule has 0 amide bonds. The molecule has 12 heavy (non-hydrogen) atoms. The maximum Gasteiger partial charge on any atom is 0.0558 e. The van der Waals surface area contributed by atoms with Gasteiger partial charge in [0.1, 0.15) is 0 Å². The Bertz CT molecular complexity index is 116. The first-order valence-electron chi connectivity index (χ1n) is 5.23. The van der Waals surface area contributed by atoms with E-state index < -0.39 is 0 Å². The van der Waals surface area contributed by atoms with Crippen LogP contribution in [0.4, 0.5) is 0 Å². The van der Waals surface area contributed by atoms with Crippen molar-refractivity contribution in [3.63, 3.8) is 0 Å².